The van der Waals surface area contributed by atoms with E-state index < -0.39 is 0 Å². The van der Waals surface area contributed by atoms with Crippen molar-refractivity contribution in [2.45, 2.75) is 13.1 Å². The van der Waals surface area contributed by atoms with Crippen molar-refractivity contribution in [3.05, 3.63) is 44.7 Å². The minimum atomic E-state index is 0.619. The molecule has 0 amide bonds. The Morgan fingerprint density at radius 3 is 2.90 bits per heavy atom. The Hall–Kier alpha value is -1.21. The van der Waals surface area contributed by atoms with Crippen molar-refractivity contribution in [1.82, 2.24) is 15.0 Å². The predicted molar refractivity (Wildman–Crippen MR) is 82.1 cm³/mol. The second-order valence-corrected chi connectivity index (χ2v) is 7.11. The lowest BCUT2D eigenvalue weighted by Gasteiger charge is -2.12. The van der Waals surface area contributed by atoms with Crippen LogP contribution in [0.2, 0.25) is 4.34 Å². The average Bonchev–Trinajstić information content (AvgIpc) is 3.10. The second kappa shape index (κ2) is 6.05. The highest BCUT2D eigenvalue weighted by atomic mass is 35.5. The van der Waals surface area contributed by atoms with Crippen molar-refractivity contribution >= 4 is 34.3 Å². The van der Waals surface area contributed by atoms with Gasteiger partial charge in [0, 0.05) is 11.4 Å². The van der Waals surface area contributed by atoms with E-state index in [1.807, 2.05) is 36.7 Å². The largest absolute Gasteiger partial charge is 0.338 e. The van der Waals surface area contributed by atoms with Gasteiger partial charge in [-0.1, -0.05) is 22.8 Å². The maximum absolute atomic E-state index is 5.92. The molecule has 104 valence electrons. The van der Waals surface area contributed by atoms with E-state index in [0.29, 0.717) is 18.3 Å². The zero-order chi connectivity index (χ0) is 13.9. The number of thiophene rings is 2. The first-order chi connectivity index (χ1) is 9.70. The molecule has 7 heteroatoms. The van der Waals surface area contributed by atoms with Gasteiger partial charge in [0.2, 0.25) is 11.7 Å². The fourth-order valence-electron chi connectivity index (χ4n) is 1.81. The molecular weight excluding hydrogens is 314 g/mol. The molecule has 0 fully saturated rings. The Kier molecular flexibility index (Phi) is 4.16. The highest BCUT2D eigenvalue weighted by Crippen LogP contribution is 2.24. The van der Waals surface area contributed by atoms with E-state index in [1.54, 1.807) is 22.7 Å². The van der Waals surface area contributed by atoms with Gasteiger partial charge in [-0.3, -0.25) is 4.90 Å². The lowest BCUT2D eigenvalue weighted by molar-refractivity contribution is 0.262. The van der Waals surface area contributed by atoms with Crippen LogP contribution in [0, 0.1) is 0 Å². The van der Waals surface area contributed by atoms with E-state index in [4.69, 9.17) is 16.1 Å². The highest BCUT2D eigenvalue weighted by Gasteiger charge is 2.12. The second-order valence-electron chi connectivity index (χ2n) is 4.37. The summed E-state index contributed by atoms with van der Waals surface area (Å²) in [5, 5.41) is 6.00. The number of halogens is 1. The van der Waals surface area contributed by atoms with E-state index in [0.717, 1.165) is 15.8 Å². The third-order valence-corrected chi connectivity index (χ3v) is 4.75. The van der Waals surface area contributed by atoms with Gasteiger partial charge in [0.1, 0.15) is 0 Å². The van der Waals surface area contributed by atoms with Gasteiger partial charge in [-0.15, -0.1) is 22.7 Å². The molecule has 3 aromatic heterocycles. The van der Waals surface area contributed by atoms with Crippen LogP contribution in [0.4, 0.5) is 0 Å². The first kappa shape index (κ1) is 13.8. The van der Waals surface area contributed by atoms with Crippen LogP contribution < -0.4 is 0 Å². The van der Waals surface area contributed by atoms with Crippen molar-refractivity contribution in [1.29, 1.82) is 0 Å². The summed E-state index contributed by atoms with van der Waals surface area (Å²) in [7, 11) is 2.02. The predicted octanol–water partition coefficient (Wildman–Crippen LogP) is 4.15. The Labute approximate surface area is 129 Å². The Balaban J connectivity index is 1.63. The summed E-state index contributed by atoms with van der Waals surface area (Å²) in [5.74, 6) is 1.28. The van der Waals surface area contributed by atoms with Gasteiger partial charge in [-0.05, 0) is 30.6 Å². The summed E-state index contributed by atoms with van der Waals surface area (Å²) in [6, 6.07) is 7.91. The van der Waals surface area contributed by atoms with Crippen LogP contribution >= 0.6 is 34.3 Å². The Morgan fingerprint density at radius 1 is 1.30 bits per heavy atom. The lowest BCUT2D eigenvalue weighted by Crippen LogP contribution is -2.16. The third-order valence-electron chi connectivity index (χ3n) is 2.67. The monoisotopic (exact) mass is 325 g/mol. The highest BCUT2D eigenvalue weighted by molar-refractivity contribution is 7.16. The molecule has 0 N–H and O–H groups in total. The maximum atomic E-state index is 5.92. The number of aromatic nitrogens is 2. The SMILES string of the molecule is CN(Cc1nc(-c2cccs2)no1)Cc1ccc(Cl)s1. The number of nitrogens with zero attached hydrogens (tertiary/aromatic N) is 3. The molecule has 0 atom stereocenters. The number of rotatable bonds is 5. The van der Waals surface area contributed by atoms with Crippen LogP contribution in [0.15, 0.2) is 34.2 Å². The molecule has 20 heavy (non-hydrogen) atoms. The summed E-state index contributed by atoms with van der Waals surface area (Å²) >= 11 is 9.12. The number of hydrogen-bond acceptors (Lipinski definition) is 6. The molecule has 0 radical (unpaired) electrons. The van der Waals surface area contributed by atoms with Crippen molar-refractivity contribution < 1.29 is 4.52 Å². The molecule has 3 aromatic rings. The van der Waals surface area contributed by atoms with Crippen LogP contribution in [0.1, 0.15) is 10.8 Å². The maximum Gasteiger partial charge on any atom is 0.241 e. The minimum absolute atomic E-state index is 0.619. The van der Waals surface area contributed by atoms with Gasteiger partial charge in [0.15, 0.2) is 0 Å². The minimum Gasteiger partial charge on any atom is -0.338 e. The molecule has 0 aromatic carbocycles. The normalized spacial score (nSPS) is 11.3. The molecule has 3 heterocycles. The van der Waals surface area contributed by atoms with Gasteiger partial charge in [0.25, 0.3) is 0 Å². The molecule has 0 aliphatic carbocycles. The summed E-state index contributed by atoms with van der Waals surface area (Å²) in [6.07, 6.45) is 0. The van der Waals surface area contributed by atoms with Gasteiger partial charge in [-0.2, -0.15) is 4.98 Å². The van der Waals surface area contributed by atoms with E-state index in [9.17, 15) is 0 Å². The van der Waals surface area contributed by atoms with Gasteiger partial charge >= 0.3 is 0 Å². The molecule has 0 saturated heterocycles. The number of hydrogen-bond donors (Lipinski definition) is 0. The smallest absolute Gasteiger partial charge is 0.241 e. The standard InChI is InChI=1S/C13H12ClN3OS2/c1-17(7-9-4-5-11(14)20-9)8-12-15-13(16-18-12)10-3-2-6-19-10/h2-6H,7-8H2,1H3. The van der Waals surface area contributed by atoms with Crippen molar-refractivity contribution in [2.24, 2.45) is 0 Å². The van der Waals surface area contributed by atoms with Gasteiger partial charge in [0.05, 0.1) is 15.8 Å². The zero-order valence-electron chi connectivity index (χ0n) is 10.7. The van der Waals surface area contributed by atoms with Crippen LogP contribution in [0.5, 0.6) is 0 Å². The van der Waals surface area contributed by atoms with Crippen molar-refractivity contribution in [3.63, 3.8) is 0 Å². The van der Waals surface area contributed by atoms with Crippen LogP contribution in [-0.4, -0.2) is 22.1 Å². The van der Waals surface area contributed by atoms with E-state index >= 15 is 0 Å². The Morgan fingerprint density at radius 2 is 2.20 bits per heavy atom. The van der Waals surface area contributed by atoms with Crippen LogP contribution in [-0.2, 0) is 13.1 Å². The molecule has 0 saturated carbocycles. The topological polar surface area (TPSA) is 42.2 Å². The molecular formula is C13H12ClN3OS2. The van der Waals surface area contributed by atoms with Gasteiger partial charge < -0.3 is 4.52 Å². The molecule has 0 bridgehead atoms. The quantitative estimate of drug-likeness (QED) is 0.707. The molecule has 3 rings (SSSR count). The first-order valence-electron chi connectivity index (χ1n) is 6.00. The van der Waals surface area contributed by atoms with Crippen LogP contribution in [0.3, 0.4) is 0 Å². The van der Waals surface area contributed by atoms with E-state index in [1.165, 1.54) is 4.88 Å². The fraction of sp³-hybridized carbons (Fsp3) is 0.231. The van der Waals surface area contributed by atoms with Crippen LogP contribution in [0.25, 0.3) is 10.7 Å². The van der Waals surface area contributed by atoms with Crippen molar-refractivity contribution in [3.8, 4) is 10.7 Å². The molecule has 0 aliphatic heterocycles. The molecule has 0 spiro atoms. The zero-order valence-corrected chi connectivity index (χ0v) is 13.1. The summed E-state index contributed by atoms with van der Waals surface area (Å²) in [6.45, 7) is 1.43. The van der Waals surface area contributed by atoms with E-state index in [-0.39, 0.29) is 0 Å². The lowest BCUT2D eigenvalue weighted by atomic mass is 10.4. The Bertz CT molecular complexity index is 677. The fourth-order valence-corrected chi connectivity index (χ4v) is 3.63. The van der Waals surface area contributed by atoms with Gasteiger partial charge in [-0.25, -0.2) is 0 Å². The summed E-state index contributed by atoms with van der Waals surface area (Å²) in [5.41, 5.74) is 0. The average molecular weight is 326 g/mol. The third kappa shape index (κ3) is 3.27. The molecule has 0 aliphatic rings. The summed E-state index contributed by atoms with van der Waals surface area (Å²) < 4.78 is 6.09. The first-order valence-corrected chi connectivity index (χ1v) is 8.07. The summed E-state index contributed by atoms with van der Waals surface area (Å²) in [4.78, 5) is 8.77. The van der Waals surface area contributed by atoms with E-state index in [2.05, 4.69) is 15.0 Å². The molecule has 0 unspecified atom stereocenters. The molecule has 4 nitrogen and oxygen atoms in total. The van der Waals surface area contributed by atoms with Crippen molar-refractivity contribution in [2.75, 3.05) is 7.05 Å².